The van der Waals surface area contributed by atoms with Gasteiger partial charge in [0.05, 0.1) is 17.9 Å². The van der Waals surface area contributed by atoms with Crippen LogP contribution in [-0.2, 0) is 24.8 Å². The molecule has 6 heteroatoms. The van der Waals surface area contributed by atoms with Crippen LogP contribution in [0.1, 0.15) is 34.6 Å². The Labute approximate surface area is 153 Å². The number of nitrogens with one attached hydrogen (secondary N) is 1. The summed E-state index contributed by atoms with van der Waals surface area (Å²) in [4.78, 5) is 12.4. The summed E-state index contributed by atoms with van der Waals surface area (Å²) < 4.78 is 3.70. The number of hydrogen-bond acceptors (Lipinski definition) is 3. The third-order valence-electron chi connectivity index (χ3n) is 4.61. The van der Waals surface area contributed by atoms with E-state index in [1.807, 2.05) is 61.4 Å². The third kappa shape index (κ3) is 4.02. The third-order valence-corrected chi connectivity index (χ3v) is 4.61. The Morgan fingerprint density at radius 1 is 1.12 bits per heavy atom. The molecule has 0 saturated carbocycles. The molecule has 1 aromatic carbocycles. The highest BCUT2D eigenvalue weighted by Gasteiger charge is 2.13. The van der Waals surface area contributed by atoms with Crippen LogP contribution in [0.15, 0.2) is 36.4 Å². The maximum absolute atomic E-state index is 12.4. The maximum atomic E-state index is 12.4. The summed E-state index contributed by atoms with van der Waals surface area (Å²) in [5.41, 5.74) is 5.28. The number of carbonyl (C=O) groups excluding carboxylic acids is 1. The minimum absolute atomic E-state index is 0.0122. The number of amides is 1. The predicted molar refractivity (Wildman–Crippen MR) is 102 cm³/mol. The van der Waals surface area contributed by atoms with Gasteiger partial charge in [-0.3, -0.25) is 9.48 Å². The molecule has 3 rings (SSSR count). The van der Waals surface area contributed by atoms with E-state index < -0.39 is 0 Å². The molecule has 2 aromatic heterocycles. The number of hydrogen-bond donors (Lipinski definition) is 1. The lowest BCUT2D eigenvalue weighted by Crippen LogP contribution is -2.16. The Bertz CT molecular complexity index is 908. The van der Waals surface area contributed by atoms with Crippen LogP contribution in [0.4, 0.5) is 5.82 Å². The average molecular weight is 351 g/mol. The van der Waals surface area contributed by atoms with Crippen molar-refractivity contribution in [2.75, 3.05) is 5.32 Å². The molecule has 0 aliphatic rings. The summed E-state index contributed by atoms with van der Waals surface area (Å²) in [6, 6.07) is 12.0. The molecule has 0 fully saturated rings. The SMILES string of the molecule is Cc1cc(NC(=O)CCc2c(C)nn(C)c2C)n(Cc2ccccc2)n1. The standard InChI is InChI=1S/C20H25N5O/c1-14-12-19(25(22-14)13-17-8-6-5-7-9-17)21-20(26)11-10-18-15(2)23-24(4)16(18)3/h5-9,12H,10-11,13H2,1-4H3,(H,21,26). The smallest absolute Gasteiger partial charge is 0.225 e. The van der Waals surface area contributed by atoms with Crippen molar-refractivity contribution in [1.29, 1.82) is 0 Å². The van der Waals surface area contributed by atoms with Gasteiger partial charge in [0, 0.05) is 25.2 Å². The largest absolute Gasteiger partial charge is 0.311 e. The molecule has 0 radical (unpaired) electrons. The van der Waals surface area contributed by atoms with Crippen LogP contribution in [0.5, 0.6) is 0 Å². The second-order valence-corrected chi connectivity index (χ2v) is 6.64. The molecular formula is C20H25N5O. The zero-order valence-corrected chi connectivity index (χ0v) is 15.8. The summed E-state index contributed by atoms with van der Waals surface area (Å²) in [6.45, 7) is 6.58. The van der Waals surface area contributed by atoms with E-state index in [4.69, 9.17) is 0 Å². The number of nitrogens with zero attached hydrogens (tertiary/aromatic N) is 4. The van der Waals surface area contributed by atoms with Crippen molar-refractivity contribution in [3.8, 4) is 0 Å². The van der Waals surface area contributed by atoms with Gasteiger partial charge in [-0.15, -0.1) is 0 Å². The van der Waals surface area contributed by atoms with Crippen molar-refractivity contribution >= 4 is 11.7 Å². The van der Waals surface area contributed by atoms with Crippen molar-refractivity contribution in [1.82, 2.24) is 19.6 Å². The van der Waals surface area contributed by atoms with E-state index in [1.165, 1.54) is 0 Å². The molecular weight excluding hydrogens is 326 g/mol. The molecule has 0 atom stereocenters. The van der Waals surface area contributed by atoms with Crippen LogP contribution in [0, 0.1) is 20.8 Å². The summed E-state index contributed by atoms with van der Waals surface area (Å²) in [6.07, 6.45) is 1.10. The van der Waals surface area contributed by atoms with Crippen molar-refractivity contribution in [3.05, 3.63) is 64.6 Å². The Morgan fingerprint density at radius 3 is 2.50 bits per heavy atom. The molecule has 1 amide bonds. The number of aryl methyl sites for hydroxylation is 3. The fraction of sp³-hybridized carbons (Fsp3) is 0.350. The monoisotopic (exact) mass is 351 g/mol. The van der Waals surface area contributed by atoms with Crippen LogP contribution in [0.25, 0.3) is 0 Å². The quantitative estimate of drug-likeness (QED) is 0.742. The van der Waals surface area contributed by atoms with Gasteiger partial charge in [0.2, 0.25) is 5.91 Å². The first-order valence-corrected chi connectivity index (χ1v) is 8.81. The Balaban J connectivity index is 1.66. The topological polar surface area (TPSA) is 64.7 Å². The summed E-state index contributed by atoms with van der Waals surface area (Å²) in [5.74, 6) is 0.720. The van der Waals surface area contributed by atoms with Crippen LogP contribution >= 0.6 is 0 Å². The molecule has 0 unspecified atom stereocenters. The van der Waals surface area contributed by atoms with Gasteiger partial charge in [-0.1, -0.05) is 30.3 Å². The molecule has 6 nitrogen and oxygen atoms in total. The lowest BCUT2D eigenvalue weighted by Gasteiger charge is -2.09. The first-order valence-electron chi connectivity index (χ1n) is 8.81. The molecule has 0 saturated heterocycles. The van der Waals surface area contributed by atoms with Gasteiger partial charge in [0.15, 0.2) is 0 Å². The predicted octanol–water partition coefficient (Wildman–Crippen LogP) is 3.16. The van der Waals surface area contributed by atoms with Crippen LogP contribution in [-0.4, -0.2) is 25.5 Å². The highest BCUT2D eigenvalue weighted by atomic mass is 16.1. The second-order valence-electron chi connectivity index (χ2n) is 6.64. The summed E-state index contributed by atoms with van der Waals surface area (Å²) >= 11 is 0. The first-order chi connectivity index (χ1) is 12.4. The fourth-order valence-electron chi connectivity index (χ4n) is 3.15. The lowest BCUT2D eigenvalue weighted by atomic mass is 10.1. The minimum atomic E-state index is -0.0122. The number of rotatable bonds is 6. The highest BCUT2D eigenvalue weighted by molar-refractivity contribution is 5.90. The van der Waals surface area contributed by atoms with Crippen molar-refractivity contribution < 1.29 is 4.79 Å². The van der Waals surface area contributed by atoms with Crippen molar-refractivity contribution in [2.24, 2.45) is 7.05 Å². The van der Waals surface area contributed by atoms with E-state index in [1.54, 1.807) is 0 Å². The van der Waals surface area contributed by atoms with Crippen LogP contribution in [0.2, 0.25) is 0 Å². The summed E-state index contributed by atoms with van der Waals surface area (Å²) in [5, 5.41) is 11.9. The van der Waals surface area contributed by atoms with E-state index in [2.05, 4.69) is 27.6 Å². The van der Waals surface area contributed by atoms with Gasteiger partial charge < -0.3 is 5.32 Å². The molecule has 3 aromatic rings. The molecule has 2 heterocycles. The van der Waals surface area contributed by atoms with E-state index in [0.717, 1.165) is 34.0 Å². The van der Waals surface area contributed by atoms with Gasteiger partial charge >= 0.3 is 0 Å². The minimum Gasteiger partial charge on any atom is -0.311 e. The molecule has 26 heavy (non-hydrogen) atoms. The first kappa shape index (κ1) is 17.9. The van der Waals surface area contributed by atoms with E-state index in [-0.39, 0.29) is 5.91 Å². The number of benzene rings is 1. The van der Waals surface area contributed by atoms with Crippen molar-refractivity contribution in [3.63, 3.8) is 0 Å². The molecule has 0 bridgehead atoms. The Morgan fingerprint density at radius 2 is 1.85 bits per heavy atom. The van der Waals surface area contributed by atoms with E-state index in [0.29, 0.717) is 19.4 Å². The van der Waals surface area contributed by atoms with Gasteiger partial charge in [0.25, 0.3) is 0 Å². The van der Waals surface area contributed by atoms with Crippen LogP contribution < -0.4 is 5.32 Å². The molecule has 0 spiro atoms. The Hall–Kier alpha value is -2.89. The average Bonchev–Trinajstić information content (AvgIpc) is 3.05. The summed E-state index contributed by atoms with van der Waals surface area (Å²) in [7, 11) is 1.93. The van der Waals surface area contributed by atoms with E-state index >= 15 is 0 Å². The number of aromatic nitrogens is 4. The lowest BCUT2D eigenvalue weighted by molar-refractivity contribution is -0.116. The van der Waals surface area contributed by atoms with Gasteiger partial charge in [-0.25, -0.2) is 4.68 Å². The van der Waals surface area contributed by atoms with E-state index in [9.17, 15) is 4.79 Å². The molecule has 1 N–H and O–H groups in total. The van der Waals surface area contributed by atoms with Crippen LogP contribution in [0.3, 0.4) is 0 Å². The van der Waals surface area contributed by atoms with Gasteiger partial charge in [-0.2, -0.15) is 10.2 Å². The number of carbonyl (C=O) groups is 1. The zero-order valence-electron chi connectivity index (χ0n) is 15.8. The second kappa shape index (κ2) is 7.56. The zero-order chi connectivity index (χ0) is 18.7. The Kier molecular flexibility index (Phi) is 5.21. The van der Waals surface area contributed by atoms with Gasteiger partial charge in [0.1, 0.15) is 5.82 Å². The van der Waals surface area contributed by atoms with Crippen molar-refractivity contribution in [2.45, 2.75) is 40.2 Å². The fourth-order valence-corrected chi connectivity index (χ4v) is 3.15. The highest BCUT2D eigenvalue weighted by Crippen LogP contribution is 2.16. The normalized spacial score (nSPS) is 10.9. The molecule has 136 valence electrons. The molecule has 0 aliphatic heterocycles. The molecule has 0 aliphatic carbocycles. The maximum Gasteiger partial charge on any atom is 0.225 e. The van der Waals surface area contributed by atoms with Gasteiger partial charge in [-0.05, 0) is 38.3 Å². The number of anilines is 1.